The zero-order valence-electron chi connectivity index (χ0n) is 14.4. The number of carbonyl (C=O) groups is 1. The van der Waals surface area contributed by atoms with Crippen LogP contribution in [-0.2, 0) is 17.1 Å². The molecule has 2 heterocycles. The van der Waals surface area contributed by atoms with Crippen molar-refractivity contribution in [2.45, 2.75) is 18.3 Å². The van der Waals surface area contributed by atoms with Crippen LogP contribution in [0.2, 0.25) is 5.02 Å². The lowest BCUT2D eigenvalue weighted by Gasteiger charge is -2.37. The summed E-state index contributed by atoms with van der Waals surface area (Å²) in [6.07, 6.45) is -7.58. The average molecular weight is 461 g/mol. The van der Waals surface area contributed by atoms with E-state index in [1.165, 1.54) is 0 Å². The minimum atomic E-state index is -5.17. The second-order valence-electron chi connectivity index (χ2n) is 6.30. The molecule has 1 aliphatic rings. The first-order valence-corrected chi connectivity index (χ1v) is 8.29. The topological polar surface area (TPSA) is 51.0 Å². The molecule has 14 heteroatoms. The number of nitrogens with zero attached hydrogens (tertiary/aromatic N) is 4. The van der Waals surface area contributed by atoms with Crippen LogP contribution in [0.5, 0.6) is 0 Å². The minimum absolute atomic E-state index is 0.369. The highest BCUT2D eigenvalue weighted by Crippen LogP contribution is 2.44. The van der Waals surface area contributed by atoms with Crippen LogP contribution in [0.15, 0.2) is 24.5 Å². The normalized spacial score (nSPS) is 16.8. The Kier molecular flexibility index (Phi) is 5.29. The van der Waals surface area contributed by atoms with Crippen molar-refractivity contribution >= 4 is 23.7 Å². The molecule has 1 fully saturated rings. The highest BCUT2D eigenvalue weighted by Gasteiger charge is 2.45. The number of hydrogen-bond acceptors (Lipinski definition) is 3. The molecule has 0 N–H and O–H groups in total. The largest absolute Gasteiger partial charge is 0.417 e. The first kappa shape index (κ1) is 22.0. The molecule has 5 nitrogen and oxygen atoms in total. The molecule has 162 valence electrons. The Balaban J connectivity index is 1.89. The van der Waals surface area contributed by atoms with Gasteiger partial charge in [-0.25, -0.2) is 18.4 Å². The van der Waals surface area contributed by atoms with Crippen LogP contribution in [0.1, 0.15) is 11.1 Å². The maximum absolute atomic E-state index is 13.1. The Hall–Kier alpha value is -2.70. The number of amides is 1. The fourth-order valence-electron chi connectivity index (χ4n) is 2.56. The van der Waals surface area contributed by atoms with Gasteiger partial charge in [0, 0.05) is 17.8 Å². The van der Waals surface area contributed by atoms with Crippen molar-refractivity contribution in [1.29, 1.82) is 0 Å². The number of benzene rings is 1. The average Bonchev–Trinajstić information content (AvgIpc) is 3.04. The molecule has 0 atom stereocenters. The summed E-state index contributed by atoms with van der Waals surface area (Å²) < 4.78 is 105. The molecule has 30 heavy (non-hydrogen) atoms. The maximum Gasteiger partial charge on any atom is 0.417 e. The molecule has 3 rings (SSSR count). The summed E-state index contributed by atoms with van der Waals surface area (Å²) in [4.78, 5) is 16.1. The smallest absolute Gasteiger partial charge is 0.327 e. The first-order valence-electron chi connectivity index (χ1n) is 7.92. The van der Waals surface area contributed by atoms with Gasteiger partial charge in [-0.15, -0.1) is 5.10 Å². The lowest BCUT2D eigenvalue weighted by Crippen LogP contribution is -2.58. The van der Waals surface area contributed by atoms with Gasteiger partial charge >= 0.3 is 12.4 Å². The number of carbonyl (C=O) groups excluding carboxylic acids is 1. The summed E-state index contributed by atoms with van der Waals surface area (Å²) in [5.41, 5.74) is -4.04. The molecule has 0 saturated carbocycles. The van der Waals surface area contributed by atoms with Crippen molar-refractivity contribution in [2.75, 3.05) is 13.1 Å². The summed E-state index contributed by atoms with van der Waals surface area (Å²) in [5, 5.41) is 2.18. The van der Waals surface area contributed by atoms with E-state index < -0.39 is 64.8 Å². The van der Waals surface area contributed by atoms with E-state index in [2.05, 4.69) is 10.1 Å². The van der Waals surface area contributed by atoms with Crippen molar-refractivity contribution in [3.05, 3.63) is 40.7 Å². The van der Waals surface area contributed by atoms with E-state index in [4.69, 9.17) is 11.6 Å². The van der Waals surface area contributed by atoms with Crippen molar-refractivity contribution in [3.8, 4) is 11.4 Å². The van der Waals surface area contributed by atoms with Crippen LogP contribution in [-0.4, -0.2) is 44.6 Å². The van der Waals surface area contributed by atoms with Gasteiger partial charge in [0.25, 0.3) is 5.92 Å². The molecule has 1 amide bonds. The standard InChI is InChI=1S/C16H9ClF8N4O/c17-12-9(15(20,21)22)3-8(4-10(12)16(23,24)25)13-26-7-29(27-13)2-1-11(30)28-5-14(18,19)6-28/h1-4,7H,5-6H2. The van der Waals surface area contributed by atoms with Crippen LogP contribution in [0.3, 0.4) is 0 Å². The van der Waals surface area contributed by atoms with Crippen molar-refractivity contribution in [3.63, 3.8) is 0 Å². The predicted octanol–water partition coefficient (Wildman–Crippen LogP) is 4.58. The Morgan fingerprint density at radius 2 is 1.60 bits per heavy atom. The molecule has 1 saturated heterocycles. The number of rotatable bonds is 3. The molecular formula is C16H9ClF8N4O. The Labute approximate surface area is 167 Å². The zero-order valence-corrected chi connectivity index (χ0v) is 15.2. The Morgan fingerprint density at radius 1 is 1.07 bits per heavy atom. The molecule has 0 unspecified atom stereocenters. The van der Waals surface area contributed by atoms with Gasteiger partial charge in [-0.3, -0.25) is 4.79 Å². The van der Waals surface area contributed by atoms with Crippen LogP contribution in [0.25, 0.3) is 17.6 Å². The quantitative estimate of drug-likeness (QED) is 0.497. The summed E-state index contributed by atoms with van der Waals surface area (Å²) in [7, 11) is 0. The lowest BCUT2D eigenvalue weighted by atomic mass is 10.0. The second-order valence-corrected chi connectivity index (χ2v) is 6.67. The lowest BCUT2D eigenvalue weighted by molar-refractivity contribution is -0.160. The van der Waals surface area contributed by atoms with Gasteiger partial charge in [0.15, 0.2) is 5.82 Å². The molecular weight excluding hydrogens is 452 g/mol. The van der Waals surface area contributed by atoms with Crippen LogP contribution < -0.4 is 0 Å². The van der Waals surface area contributed by atoms with Gasteiger partial charge < -0.3 is 4.90 Å². The molecule has 0 radical (unpaired) electrons. The summed E-state index contributed by atoms with van der Waals surface area (Å²) >= 11 is 5.30. The van der Waals surface area contributed by atoms with E-state index in [0.717, 1.165) is 28.2 Å². The number of alkyl halides is 8. The van der Waals surface area contributed by atoms with Crippen LogP contribution in [0, 0.1) is 0 Å². The van der Waals surface area contributed by atoms with Crippen LogP contribution in [0.4, 0.5) is 35.1 Å². The van der Waals surface area contributed by atoms with Crippen molar-refractivity contribution in [1.82, 2.24) is 19.7 Å². The highest BCUT2D eigenvalue weighted by atomic mass is 35.5. The van der Waals surface area contributed by atoms with Gasteiger partial charge in [0.1, 0.15) is 6.33 Å². The number of aromatic nitrogens is 3. The fourth-order valence-corrected chi connectivity index (χ4v) is 2.88. The van der Waals surface area contributed by atoms with Gasteiger partial charge in [-0.05, 0) is 12.1 Å². The number of halogens is 9. The van der Waals surface area contributed by atoms with E-state index >= 15 is 0 Å². The molecule has 1 aliphatic heterocycles. The Morgan fingerprint density at radius 3 is 2.07 bits per heavy atom. The minimum Gasteiger partial charge on any atom is -0.327 e. The molecule has 0 bridgehead atoms. The molecule has 0 spiro atoms. The van der Waals surface area contributed by atoms with E-state index in [9.17, 15) is 39.9 Å². The zero-order chi connectivity index (χ0) is 22.5. The molecule has 0 aliphatic carbocycles. The first-order chi connectivity index (χ1) is 13.7. The third-order valence-electron chi connectivity index (χ3n) is 3.98. The van der Waals surface area contributed by atoms with Crippen molar-refractivity contribution in [2.24, 2.45) is 0 Å². The summed E-state index contributed by atoms with van der Waals surface area (Å²) in [6, 6.07) is 0.739. The predicted molar refractivity (Wildman–Crippen MR) is 87.3 cm³/mol. The summed E-state index contributed by atoms with van der Waals surface area (Å²) in [6.45, 7) is -1.52. The molecule has 1 aromatic carbocycles. The fraction of sp³-hybridized carbons (Fsp3) is 0.312. The second kappa shape index (κ2) is 7.22. The summed E-state index contributed by atoms with van der Waals surface area (Å²) in [5.74, 6) is -4.25. The SMILES string of the molecule is O=C(C=Cn1cnc(-c2cc(C(F)(F)F)c(Cl)c(C(F)(F)F)c2)n1)N1CC(F)(F)C1. The number of hydrogen-bond donors (Lipinski definition) is 0. The maximum atomic E-state index is 13.1. The molecule has 1 aromatic heterocycles. The number of likely N-dealkylation sites (tertiary alicyclic amines) is 1. The molecule has 2 aromatic rings. The van der Waals surface area contributed by atoms with Crippen molar-refractivity contribution < 1.29 is 39.9 Å². The monoisotopic (exact) mass is 460 g/mol. The van der Waals surface area contributed by atoms with Gasteiger partial charge in [-0.2, -0.15) is 26.3 Å². The van der Waals surface area contributed by atoms with Crippen LogP contribution >= 0.6 is 11.6 Å². The Bertz CT molecular complexity index is 968. The van der Waals surface area contributed by atoms with E-state index in [1.807, 2.05) is 0 Å². The van der Waals surface area contributed by atoms with E-state index in [1.54, 1.807) is 0 Å². The third kappa shape index (κ3) is 4.55. The van der Waals surface area contributed by atoms with E-state index in [-0.39, 0.29) is 0 Å². The third-order valence-corrected chi connectivity index (χ3v) is 4.38. The highest BCUT2D eigenvalue weighted by molar-refractivity contribution is 6.32. The van der Waals surface area contributed by atoms with E-state index in [0.29, 0.717) is 12.1 Å². The van der Waals surface area contributed by atoms with Gasteiger partial charge in [0.2, 0.25) is 5.91 Å². The van der Waals surface area contributed by atoms with Gasteiger partial charge in [0.05, 0.1) is 29.2 Å². The van der Waals surface area contributed by atoms with Gasteiger partial charge in [-0.1, -0.05) is 11.6 Å².